The van der Waals surface area contributed by atoms with Gasteiger partial charge in [-0.15, -0.1) is 0 Å². The normalized spacial score (nSPS) is 9.19. The first-order valence-electron chi connectivity index (χ1n) is 3.92. The van der Waals surface area contributed by atoms with E-state index in [1.54, 1.807) is 30.9 Å². The minimum absolute atomic E-state index is 1.50. The minimum atomic E-state index is -4.64. The smallest absolute Gasteiger partial charge is 0.303 e. The van der Waals surface area contributed by atoms with E-state index >= 15 is 0 Å². The molecule has 4 N–H and O–H groups in total. The zero-order valence-electron chi connectivity index (χ0n) is 8.08. The van der Waals surface area contributed by atoms with Crippen LogP contribution in [-0.4, -0.2) is 34.8 Å². The lowest BCUT2D eigenvalue weighted by Gasteiger charge is -1.82. The Morgan fingerprint density at radius 2 is 1.56 bits per heavy atom. The van der Waals surface area contributed by atoms with Gasteiger partial charge in [-0.25, -0.2) is 14.5 Å². The Bertz CT molecular complexity index is 324. The summed E-state index contributed by atoms with van der Waals surface area (Å²) < 4.78 is 8.88. The van der Waals surface area contributed by atoms with Crippen LogP contribution in [0.5, 0.6) is 0 Å². The Morgan fingerprint density at radius 3 is 1.69 bits per heavy atom. The van der Waals surface area contributed by atoms with E-state index in [1.165, 1.54) is 6.33 Å². The lowest BCUT2D eigenvalue weighted by molar-refractivity contribution is 0.275. The summed E-state index contributed by atoms with van der Waals surface area (Å²) in [5.74, 6) is 0. The van der Waals surface area contributed by atoms with E-state index < -0.39 is 7.82 Å². The molecular formula is C7H11N4O4P. The van der Waals surface area contributed by atoms with Crippen molar-refractivity contribution in [3.8, 4) is 0 Å². The second-order valence-corrected chi connectivity index (χ2v) is 3.21. The molecule has 0 saturated heterocycles. The second-order valence-electron chi connectivity index (χ2n) is 2.18. The van der Waals surface area contributed by atoms with Gasteiger partial charge in [-0.3, -0.25) is 5.10 Å². The van der Waals surface area contributed by atoms with Gasteiger partial charge < -0.3 is 14.7 Å². The maximum Gasteiger partial charge on any atom is 0.466 e. The molecule has 8 nitrogen and oxygen atoms in total. The fourth-order valence-corrected chi connectivity index (χ4v) is 0.469. The Labute approximate surface area is 91.3 Å². The molecule has 0 spiro atoms. The second kappa shape index (κ2) is 8.69. The lowest BCUT2D eigenvalue weighted by Crippen LogP contribution is -1.66. The van der Waals surface area contributed by atoms with E-state index in [4.69, 9.17) is 19.2 Å². The molecule has 0 radical (unpaired) electrons. The molecule has 9 heteroatoms. The van der Waals surface area contributed by atoms with Crippen molar-refractivity contribution in [2.45, 2.75) is 0 Å². The molecule has 2 rings (SSSR count). The van der Waals surface area contributed by atoms with E-state index in [0.29, 0.717) is 0 Å². The predicted molar refractivity (Wildman–Crippen MR) is 54.9 cm³/mol. The SMILES string of the molecule is O=P(O)(O)O.c1cn[nH]c1.c1cncnc1. The van der Waals surface area contributed by atoms with Gasteiger partial charge in [-0.05, 0) is 12.1 Å². The third kappa shape index (κ3) is 18.2. The predicted octanol–water partition coefficient (Wildman–Crippen LogP) is -0.0423. The van der Waals surface area contributed by atoms with Gasteiger partial charge in [0.1, 0.15) is 6.33 Å². The summed E-state index contributed by atoms with van der Waals surface area (Å²) in [5.41, 5.74) is 0. The third-order valence-electron chi connectivity index (χ3n) is 0.883. The van der Waals surface area contributed by atoms with E-state index in [1.807, 2.05) is 6.07 Å². The molecule has 2 aromatic rings. The van der Waals surface area contributed by atoms with Crippen LogP contribution >= 0.6 is 7.82 Å². The van der Waals surface area contributed by atoms with Crippen molar-refractivity contribution in [2.75, 3.05) is 0 Å². The van der Waals surface area contributed by atoms with Crippen molar-refractivity contribution in [2.24, 2.45) is 0 Å². The molecule has 0 atom stereocenters. The number of aromatic amines is 1. The van der Waals surface area contributed by atoms with Gasteiger partial charge in [-0.1, -0.05) is 0 Å². The van der Waals surface area contributed by atoms with Crippen LogP contribution in [0.2, 0.25) is 0 Å². The summed E-state index contributed by atoms with van der Waals surface area (Å²) in [4.78, 5) is 28.9. The quantitative estimate of drug-likeness (QED) is 0.479. The molecule has 88 valence electrons. The molecule has 0 unspecified atom stereocenters. The fraction of sp³-hybridized carbons (Fsp3) is 0. The van der Waals surface area contributed by atoms with Crippen molar-refractivity contribution in [1.82, 2.24) is 20.2 Å². The van der Waals surface area contributed by atoms with Crippen molar-refractivity contribution in [1.29, 1.82) is 0 Å². The molecule has 0 bridgehead atoms. The summed E-state index contributed by atoms with van der Waals surface area (Å²) in [6.07, 6.45) is 8.33. The first-order valence-corrected chi connectivity index (χ1v) is 5.48. The fourth-order valence-electron chi connectivity index (χ4n) is 0.469. The number of H-pyrrole nitrogens is 1. The summed E-state index contributed by atoms with van der Waals surface area (Å²) in [7, 11) is -4.64. The van der Waals surface area contributed by atoms with Crippen molar-refractivity contribution in [3.05, 3.63) is 43.2 Å². The topological polar surface area (TPSA) is 132 Å². The van der Waals surface area contributed by atoms with Gasteiger partial charge in [0.25, 0.3) is 0 Å². The zero-order chi connectivity index (χ0) is 12.3. The number of aromatic nitrogens is 4. The Kier molecular flexibility index (Phi) is 7.82. The molecular weight excluding hydrogens is 235 g/mol. The van der Waals surface area contributed by atoms with Crippen molar-refractivity contribution >= 4 is 7.82 Å². The van der Waals surface area contributed by atoms with Crippen LogP contribution < -0.4 is 0 Å². The monoisotopic (exact) mass is 246 g/mol. The van der Waals surface area contributed by atoms with Crippen molar-refractivity contribution in [3.63, 3.8) is 0 Å². The van der Waals surface area contributed by atoms with Crippen LogP contribution in [0.3, 0.4) is 0 Å². The van der Waals surface area contributed by atoms with E-state index in [2.05, 4.69) is 20.2 Å². The molecule has 2 heterocycles. The molecule has 0 aliphatic heterocycles. The van der Waals surface area contributed by atoms with Crippen LogP contribution in [-0.2, 0) is 4.57 Å². The van der Waals surface area contributed by atoms with Gasteiger partial charge in [0, 0.05) is 24.8 Å². The van der Waals surface area contributed by atoms with Gasteiger partial charge in [0.05, 0.1) is 0 Å². The van der Waals surface area contributed by atoms with Gasteiger partial charge in [0.15, 0.2) is 0 Å². The highest BCUT2D eigenvalue weighted by Crippen LogP contribution is 2.25. The summed E-state index contributed by atoms with van der Waals surface area (Å²) in [5, 5.41) is 6.21. The number of nitrogens with one attached hydrogen (secondary N) is 1. The highest BCUT2D eigenvalue weighted by molar-refractivity contribution is 7.45. The maximum absolute atomic E-state index is 8.88. The third-order valence-corrected chi connectivity index (χ3v) is 0.883. The number of phosphoric acid groups is 1. The number of rotatable bonds is 0. The molecule has 0 saturated carbocycles. The average molecular weight is 246 g/mol. The Hall–Kier alpha value is -1.60. The standard InChI is InChI=1S/C4H4N2.C3H4N2.H3O4P/c1-2-5-4-6-3-1;1-2-4-5-3-1;1-5(2,3)4/h1-4H;1-3H,(H,4,5);(H3,1,2,3,4). The molecule has 16 heavy (non-hydrogen) atoms. The molecule has 0 aliphatic rings. The summed E-state index contributed by atoms with van der Waals surface area (Å²) in [6.45, 7) is 0. The maximum atomic E-state index is 8.88. The van der Waals surface area contributed by atoms with Crippen LogP contribution in [0.1, 0.15) is 0 Å². The van der Waals surface area contributed by atoms with Gasteiger partial charge in [0.2, 0.25) is 0 Å². The Balaban J connectivity index is 0.000000213. The highest BCUT2D eigenvalue weighted by Gasteiger charge is 2.00. The first kappa shape index (κ1) is 14.4. The first-order chi connectivity index (χ1) is 7.50. The van der Waals surface area contributed by atoms with Crippen molar-refractivity contribution < 1.29 is 19.2 Å². The summed E-state index contributed by atoms with van der Waals surface area (Å²) >= 11 is 0. The van der Waals surface area contributed by atoms with E-state index in [0.717, 1.165) is 0 Å². The molecule has 0 amide bonds. The van der Waals surface area contributed by atoms with Crippen LogP contribution in [0.15, 0.2) is 43.2 Å². The molecule has 0 aromatic carbocycles. The largest absolute Gasteiger partial charge is 0.466 e. The van der Waals surface area contributed by atoms with Gasteiger partial charge in [-0.2, -0.15) is 5.10 Å². The van der Waals surface area contributed by atoms with Crippen LogP contribution in [0.25, 0.3) is 0 Å². The van der Waals surface area contributed by atoms with E-state index in [9.17, 15) is 0 Å². The van der Waals surface area contributed by atoms with Gasteiger partial charge >= 0.3 is 7.82 Å². The number of nitrogens with zero attached hydrogens (tertiary/aromatic N) is 3. The molecule has 0 aliphatic carbocycles. The molecule has 2 aromatic heterocycles. The van der Waals surface area contributed by atoms with Crippen LogP contribution in [0.4, 0.5) is 0 Å². The zero-order valence-corrected chi connectivity index (χ0v) is 8.97. The molecule has 0 fully saturated rings. The van der Waals surface area contributed by atoms with E-state index in [-0.39, 0.29) is 0 Å². The Morgan fingerprint density at radius 1 is 1.00 bits per heavy atom. The highest BCUT2D eigenvalue weighted by atomic mass is 31.2. The minimum Gasteiger partial charge on any atom is -0.303 e. The lowest BCUT2D eigenvalue weighted by atomic mass is 10.7. The van der Waals surface area contributed by atoms with Crippen LogP contribution in [0, 0.1) is 0 Å². The number of hydrogen-bond donors (Lipinski definition) is 4. The number of hydrogen-bond acceptors (Lipinski definition) is 4. The average Bonchev–Trinajstić information content (AvgIpc) is 2.75. The summed E-state index contributed by atoms with van der Waals surface area (Å²) in [6, 6.07) is 3.61.